The van der Waals surface area contributed by atoms with E-state index >= 15 is 0 Å². The number of fused-ring (bicyclic) bond motifs is 2. The molecular formula is C20H19FN6O. The topological polar surface area (TPSA) is 92.5 Å². The average Bonchev–Trinajstić information content (AvgIpc) is 3.37. The van der Waals surface area contributed by atoms with Gasteiger partial charge in [-0.05, 0) is 30.0 Å². The van der Waals surface area contributed by atoms with Crippen molar-refractivity contribution >= 4 is 11.0 Å². The summed E-state index contributed by atoms with van der Waals surface area (Å²) in [7, 11) is 0. The lowest BCUT2D eigenvalue weighted by Crippen LogP contribution is -2.30. The van der Waals surface area contributed by atoms with Crippen LogP contribution in [0.25, 0.3) is 33.5 Å². The minimum Gasteiger partial charge on any atom is -0.387 e. The Hall–Kier alpha value is -3.13. The fourth-order valence-electron chi connectivity index (χ4n) is 3.71. The van der Waals surface area contributed by atoms with E-state index in [1.54, 1.807) is 12.3 Å². The SMILES string of the molecule is [2H]C([2H])([2H])C1(C([2H])([2H])[2H])CC(O)c2c(-c3ccnc4[nH]ncc34)c(-c3ccc(F)cn3)nn2C1. The smallest absolute Gasteiger partial charge is 0.155 e. The van der Waals surface area contributed by atoms with Crippen LogP contribution in [0.3, 0.4) is 0 Å². The highest BCUT2D eigenvalue weighted by Crippen LogP contribution is 2.45. The molecule has 2 N–H and O–H groups in total. The summed E-state index contributed by atoms with van der Waals surface area (Å²) >= 11 is 0. The van der Waals surface area contributed by atoms with Gasteiger partial charge < -0.3 is 5.11 Å². The Balaban J connectivity index is 1.81. The number of aromatic amines is 1. The zero-order valence-corrected chi connectivity index (χ0v) is 14.5. The average molecular weight is 384 g/mol. The van der Waals surface area contributed by atoms with Crippen LogP contribution in [0.1, 0.15) is 40.1 Å². The number of nitrogens with one attached hydrogen (secondary N) is 1. The predicted octanol–water partition coefficient (Wildman–Crippen LogP) is 3.49. The molecule has 0 saturated carbocycles. The van der Waals surface area contributed by atoms with Crippen molar-refractivity contribution in [2.75, 3.05) is 0 Å². The highest BCUT2D eigenvalue weighted by atomic mass is 19.1. The van der Waals surface area contributed by atoms with Crippen molar-refractivity contribution in [3.8, 4) is 22.5 Å². The van der Waals surface area contributed by atoms with Crippen LogP contribution in [-0.4, -0.2) is 35.1 Å². The van der Waals surface area contributed by atoms with Crippen molar-refractivity contribution < 1.29 is 17.7 Å². The first-order valence-electron chi connectivity index (χ1n) is 11.6. The first-order chi connectivity index (χ1) is 15.9. The molecule has 142 valence electrons. The summed E-state index contributed by atoms with van der Waals surface area (Å²) in [5, 5.41) is 23.1. The van der Waals surface area contributed by atoms with Crippen molar-refractivity contribution in [3.63, 3.8) is 0 Å². The van der Waals surface area contributed by atoms with E-state index in [1.807, 2.05) is 0 Å². The maximum Gasteiger partial charge on any atom is 0.155 e. The van der Waals surface area contributed by atoms with Crippen molar-refractivity contribution in [3.05, 3.63) is 48.3 Å². The van der Waals surface area contributed by atoms with Gasteiger partial charge in [0.25, 0.3) is 0 Å². The number of halogens is 1. The number of nitrogens with zero attached hydrogens (tertiary/aromatic N) is 5. The van der Waals surface area contributed by atoms with Gasteiger partial charge in [0.05, 0.1) is 29.9 Å². The molecular weight excluding hydrogens is 359 g/mol. The number of hydrogen-bond acceptors (Lipinski definition) is 5. The standard InChI is InChI=1S/C20H19FN6O/c1-20(2)7-15(28)18-16(12-5-6-22-19-13(12)9-24-25-19)17(26-27(18)10-20)14-4-3-11(21)8-23-14/h3-6,8-9,15,28H,7,10H2,1-2H3,(H,22,24,25)/i1D3,2D3. The number of aromatic nitrogens is 6. The van der Waals surface area contributed by atoms with Crippen molar-refractivity contribution in [2.45, 2.75) is 32.8 Å². The molecule has 4 aromatic rings. The van der Waals surface area contributed by atoms with Gasteiger partial charge in [-0.25, -0.2) is 9.37 Å². The molecule has 1 aliphatic heterocycles. The van der Waals surface area contributed by atoms with E-state index in [0.717, 1.165) is 6.20 Å². The minimum atomic E-state index is -2.90. The number of rotatable bonds is 2. The van der Waals surface area contributed by atoms with Gasteiger partial charge in [-0.1, -0.05) is 13.7 Å². The lowest BCUT2D eigenvalue weighted by Gasteiger charge is -2.34. The summed E-state index contributed by atoms with van der Waals surface area (Å²) in [6.45, 7) is -6.27. The van der Waals surface area contributed by atoms with Crippen LogP contribution >= 0.6 is 0 Å². The number of hydrogen-bond donors (Lipinski definition) is 2. The summed E-state index contributed by atoms with van der Waals surface area (Å²) in [4.78, 5) is 8.33. The van der Waals surface area contributed by atoms with Crippen molar-refractivity contribution in [1.29, 1.82) is 0 Å². The molecule has 0 radical (unpaired) electrons. The molecule has 5 rings (SSSR count). The quantitative estimate of drug-likeness (QED) is 0.552. The van der Waals surface area contributed by atoms with E-state index in [4.69, 9.17) is 8.22 Å². The van der Waals surface area contributed by atoms with Crippen molar-refractivity contribution in [2.24, 2.45) is 5.41 Å². The molecule has 0 aromatic carbocycles. The first-order valence-corrected chi connectivity index (χ1v) is 8.62. The second-order valence-electron chi connectivity index (χ2n) is 6.92. The number of H-pyrrole nitrogens is 1. The van der Waals surface area contributed by atoms with E-state index in [2.05, 4.69) is 25.3 Å². The third-order valence-corrected chi connectivity index (χ3v) is 4.86. The Kier molecular flexibility index (Phi) is 2.47. The zero-order chi connectivity index (χ0) is 24.5. The first kappa shape index (κ1) is 11.7. The summed E-state index contributed by atoms with van der Waals surface area (Å²) in [5.74, 6) is -0.556. The van der Waals surface area contributed by atoms with Gasteiger partial charge in [0.2, 0.25) is 0 Å². The van der Waals surface area contributed by atoms with Gasteiger partial charge in [0, 0.05) is 37.5 Å². The maximum absolute atomic E-state index is 13.6. The number of aliphatic hydroxyl groups excluding tert-OH is 1. The molecule has 0 saturated heterocycles. The Bertz CT molecular complexity index is 1360. The molecule has 0 spiro atoms. The van der Waals surface area contributed by atoms with Gasteiger partial charge in [-0.2, -0.15) is 10.2 Å². The fraction of sp³-hybridized carbons (Fsp3) is 0.300. The van der Waals surface area contributed by atoms with Crippen LogP contribution in [-0.2, 0) is 6.54 Å². The third-order valence-electron chi connectivity index (χ3n) is 4.86. The summed E-state index contributed by atoms with van der Waals surface area (Å²) in [5.41, 5.74) is 0.0217. The molecule has 0 amide bonds. The molecule has 0 bridgehead atoms. The minimum absolute atomic E-state index is 0.245. The van der Waals surface area contributed by atoms with E-state index in [9.17, 15) is 9.50 Å². The Labute approximate surface area is 168 Å². The second kappa shape index (κ2) is 5.93. The molecule has 0 aliphatic carbocycles. The van der Waals surface area contributed by atoms with E-state index in [1.165, 1.54) is 23.0 Å². The maximum atomic E-state index is 13.6. The van der Waals surface area contributed by atoms with Crippen LogP contribution in [0.4, 0.5) is 4.39 Å². The van der Waals surface area contributed by atoms with E-state index in [-0.39, 0.29) is 17.1 Å². The number of aliphatic hydroxyl groups is 1. The largest absolute Gasteiger partial charge is 0.387 e. The fourth-order valence-corrected chi connectivity index (χ4v) is 3.71. The molecule has 0 fully saturated rings. The Morgan fingerprint density at radius 3 is 2.96 bits per heavy atom. The predicted molar refractivity (Wildman–Crippen MR) is 102 cm³/mol. The summed E-state index contributed by atoms with van der Waals surface area (Å²) < 4.78 is 62.8. The van der Waals surface area contributed by atoms with Crippen LogP contribution in [0, 0.1) is 11.2 Å². The van der Waals surface area contributed by atoms with Gasteiger partial charge in [-0.3, -0.25) is 14.8 Å². The monoisotopic (exact) mass is 384 g/mol. The summed E-state index contributed by atoms with van der Waals surface area (Å²) in [6, 6.07) is 4.30. The Morgan fingerprint density at radius 2 is 2.18 bits per heavy atom. The molecule has 4 aromatic heterocycles. The molecule has 1 aliphatic rings. The molecule has 5 heterocycles. The zero-order valence-electron chi connectivity index (χ0n) is 20.5. The van der Waals surface area contributed by atoms with Gasteiger partial charge in [0.1, 0.15) is 11.5 Å². The van der Waals surface area contributed by atoms with E-state index < -0.39 is 44.0 Å². The molecule has 1 atom stereocenters. The lowest BCUT2D eigenvalue weighted by atomic mass is 9.81. The summed E-state index contributed by atoms with van der Waals surface area (Å²) in [6.07, 6.45) is 2.12. The molecule has 1 unspecified atom stereocenters. The third kappa shape index (κ3) is 2.60. The van der Waals surface area contributed by atoms with Gasteiger partial charge in [0.15, 0.2) is 5.65 Å². The highest BCUT2D eigenvalue weighted by molar-refractivity contribution is 5.97. The Morgan fingerprint density at radius 1 is 1.29 bits per heavy atom. The van der Waals surface area contributed by atoms with E-state index in [0.29, 0.717) is 22.2 Å². The lowest BCUT2D eigenvalue weighted by molar-refractivity contribution is 0.0677. The van der Waals surface area contributed by atoms with Crippen LogP contribution in [0.5, 0.6) is 0 Å². The van der Waals surface area contributed by atoms with Crippen LogP contribution in [0.2, 0.25) is 0 Å². The van der Waals surface area contributed by atoms with Crippen LogP contribution in [0.15, 0.2) is 36.8 Å². The molecule has 28 heavy (non-hydrogen) atoms. The van der Waals surface area contributed by atoms with Crippen LogP contribution < -0.4 is 0 Å². The number of pyridine rings is 2. The normalized spacial score (nSPS) is 22.4. The van der Waals surface area contributed by atoms with Crippen molar-refractivity contribution in [1.82, 2.24) is 29.9 Å². The van der Waals surface area contributed by atoms with Gasteiger partial charge in [-0.15, -0.1) is 0 Å². The molecule has 8 heteroatoms. The molecule has 7 nitrogen and oxygen atoms in total. The van der Waals surface area contributed by atoms with Gasteiger partial charge >= 0.3 is 0 Å². The highest BCUT2D eigenvalue weighted by Gasteiger charge is 2.36. The second-order valence-corrected chi connectivity index (χ2v) is 6.92.